The third kappa shape index (κ3) is 11.0. The maximum atomic E-state index is 5.71. The first-order valence-electron chi connectivity index (χ1n) is 15.3. The summed E-state index contributed by atoms with van der Waals surface area (Å²) in [6.45, 7) is 4.97. The lowest BCUT2D eigenvalue weighted by molar-refractivity contribution is 0.0878. The Labute approximate surface area is 268 Å². The van der Waals surface area contributed by atoms with Crippen LogP contribution in [-0.4, -0.2) is 77.5 Å². The number of benzene rings is 4. The molecule has 2 aliphatic rings. The average molecular weight is 621 g/mol. The van der Waals surface area contributed by atoms with Crippen LogP contribution in [0.1, 0.15) is 11.1 Å². The van der Waals surface area contributed by atoms with Gasteiger partial charge in [0, 0.05) is 12.4 Å². The maximum absolute atomic E-state index is 5.71. The molecule has 2 fully saturated rings. The van der Waals surface area contributed by atoms with Gasteiger partial charge in [-0.25, -0.2) is 0 Å². The molecule has 0 saturated carbocycles. The van der Waals surface area contributed by atoms with Gasteiger partial charge >= 0.3 is 0 Å². The predicted molar refractivity (Wildman–Crippen MR) is 177 cm³/mol. The normalized spacial score (nSPS) is 17.2. The highest BCUT2D eigenvalue weighted by molar-refractivity contribution is 5.82. The molecule has 2 saturated heterocycles. The number of hydrogen-bond donors (Lipinski definition) is 0. The van der Waals surface area contributed by atoms with Crippen molar-refractivity contribution in [3.8, 4) is 11.5 Å². The van der Waals surface area contributed by atoms with Gasteiger partial charge in [-0.15, -0.1) is 0 Å². The van der Waals surface area contributed by atoms with E-state index in [0.717, 1.165) is 58.6 Å². The molecule has 0 spiro atoms. The zero-order chi connectivity index (χ0) is 31.2. The lowest BCUT2D eigenvalue weighted by Crippen LogP contribution is -2.10. The molecule has 236 valence electrons. The summed E-state index contributed by atoms with van der Waals surface area (Å²) in [7, 11) is 0. The van der Waals surface area contributed by atoms with Crippen molar-refractivity contribution in [2.75, 3.05) is 52.9 Å². The van der Waals surface area contributed by atoms with Gasteiger partial charge in [-0.05, 0) is 108 Å². The third-order valence-electron chi connectivity index (χ3n) is 6.87. The van der Waals surface area contributed by atoms with Crippen molar-refractivity contribution in [2.45, 2.75) is 12.2 Å². The molecular weight excluding hydrogens is 584 g/mol. The second kappa shape index (κ2) is 16.5. The van der Waals surface area contributed by atoms with Crippen LogP contribution in [-0.2, 0) is 18.9 Å². The highest BCUT2D eigenvalue weighted by Gasteiger charge is 2.22. The summed E-state index contributed by atoms with van der Waals surface area (Å²) in [4.78, 5) is 9.11. The van der Waals surface area contributed by atoms with Crippen molar-refractivity contribution in [3.63, 3.8) is 0 Å². The van der Waals surface area contributed by atoms with Crippen LogP contribution in [0.15, 0.2) is 117 Å². The lowest BCUT2D eigenvalue weighted by atomic mass is 10.2. The van der Waals surface area contributed by atoms with E-state index in [1.54, 1.807) is 0 Å². The molecular formula is C36H36N4O6. The van der Waals surface area contributed by atoms with Gasteiger partial charge in [0.1, 0.15) is 36.9 Å². The van der Waals surface area contributed by atoms with E-state index in [0.29, 0.717) is 39.6 Å². The standard InChI is InChI=1S/C36H36N4O6/c1-13-33(43-19-17-41-23-35-25-45-35)14-2-27(1)21-37-29-5-9-31(10-6-29)39-40-32-11-7-30(8-12-32)38-22-28-3-15-34(16-4-28)44-20-18-42-24-36-26-46-36/h1-16,21-22,35-36H,17-20,23-26H2. The first-order valence-corrected chi connectivity index (χ1v) is 15.3. The van der Waals surface area contributed by atoms with E-state index in [4.69, 9.17) is 28.4 Å². The Morgan fingerprint density at radius 1 is 0.500 bits per heavy atom. The molecule has 4 aromatic carbocycles. The second-order valence-electron chi connectivity index (χ2n) is 10.6. The average Bonchev–Trinajstić information content (AvgIpc) is 4.04. The lowest BCUT2D eigenvalue weighted by Gasteiger charge is -2.06. The third-order valence-corrected chi connectivity index (χ3v) is 6.87. The molecule has 0 aromatic heterocycles. The molecule has 6 rings (SSSR count). The molecule has 0 amide bonds. The molecule has 0 bridgehead atoms. The van der Waals surface area contributed by atoms with Crippen molar-refractivity contribution in [1.29, 1.82) is 0 Å². The summed E-state index contributed by atoms with van der Waals surface area (Å²) in [6, 6.07) is 30.8. The van der Waals surface area contributed by atoms with Gasteiger partial charge in [0.25, 0.3) is 0 Å². The smallest absolute Gasteiger partial charge is 0.119 e. The van der Waals surface area contributed by atoms with E-state index in [2.05, 4.69) is 20.2 Å². The van der Waals surface area contributed by atoms with Crippen LogP contribution in [0.3, 0.4) is 0 Å². The van der Waals surface area contributed by atoms with E-state index in [1.165, 1.54) is 0 Å². The van der Waals surface area contributed by atoms with Gasteiger partial charge in [-0.3, -0.25) is 9.98 Å². The van der Waals surface area contributed by atoms with Crippen LogP contribution in [0, 0.1) is 0 Å². The minimum atomic E-state index is 0.275. The quantitative estimate of drug-likeness (QED) is 0.0504. The first-order chi connectivity index (χ1) is 22.7. The Kier molecular flexibility index (Phi) is 11.2. The molecule has 2 heterocycles. The van der Waals surface area contributed by atoms with Crippen LogP contribution in [0.5, 0.6) is 11.5 Å². The van der Waals surface area contributed by atoms with Crippen molar-refractivity contribution in [2.24, 2.45) is 20.2 Å². The maximum Gasteiger partial charge on any atom is 0.119 e. The zero-order valence-electron chi connectivity index (χ0n) is 25.4. The molecule has 0 N–H and O–H groups in total. The number of ether oxygens (including phenoxy) is 6. The van der Waals surface area contributed by atoms with Gasteiger partial charge < -0.3 is 28.4 Å². The Morgan fingerprint density at radius 3 is 1.24 bits per heavy atom. The fraction of sp³-hybridized carbons (Fsp3) is 0.278. The van der Waals surface area contributed by atoms with Crippen LogP contribution in [0.25, 0.3) is 0 Å². The molecule has 0 radical (unpaired) electrons. The zero-order valence-corrected chi connectivity index (χ0v) is 25.4. The van der Waals surface area contributed by atoms with E-state index in [-0.39, 0.29) is 12.2 Å². The first kappa shape index (κ1) is 31.3. The summed E-state index contributed by atoms with van der Waals surface area (Å²) < 4.78 is 32.6. The minimum absolute atomic E-state index is 0.275. The minimum Gasteiger partial charge on any atom is -0.491 e. The van der Waals surface area contributed by atoms with Crippen LogP contribution < -0.4 is 9.47 Å². The summed E-state index contributed by atoms with van der Waals surface area (Å²) in [5.41, 5.74) is 5.08. The number of hydrogen-bond acceptors (Lipinski definition) is 10. The van der Waals surface area contributed by atoms with Crippen molar-refractivity contribution >= 4 is 35.2 Å². The number of nitrogens with zero attached hydrogens (tertiary/aromatic N) is 4. The molecule has 2 unspecified atom stereocenters. The number of azo groups is 1. The van der Waals surface area contributed by atoms with E-state index in [9.17, 15) is 0 Å². The Morgan fingerprint density at radius 2 is 0.870 bits per heavy atom. The molecule has 2 aliphatic heterocycles. The van der Waals surface area contributed by atoms with Gasteiger partial charge in [0.05, 0.1) is 62.4 Å². The number of epoxide rings is 2. The summed E-state index contributed by atoms with van der Waals surface area (Å²) >= 11 is 0. The van der Waals surface area contributed by atoms with Crippen molar-refractivity contribution in [3.05, 3.63) is 108 Å². The summed E-state index contributed by atoms with van der Waals surface area (Å²) in [6.07, 6.45) is 4.18. The molecule has 0 aliphatic carbocycles. The molecule has 2 atom stereocenters. The molecule has 10 heteroatoms. The summed E-state index contributed by atoms with van der Waals surface area (Å²) in [5.74, 6) is 1.59. The van der Waals surface area contributed by atoms with Crippen LogP contribution >= 0.6 is 0 Å². The second-order valence-corrected chi connectivity index (χ2v) is 10.6. The topological polar surface area (TPSA) is 111 Å². The van der Waals surface area contributed by atoms with Crippen LogP contribution in [0.4, 0.5) is 22.7 Å². The predicted octanol–water partition coefficient (Wildman–Crippen LogP) is 7.19. The van der Waals surface area contributed by atoms with Gasteiger partial charge in [0.2, 0.25) is 0 Å². The van der Waals surface area contributed by atoms with Crippen molar-refractivity contribution in [1.82, 2.24) is 0 Å². The molecule has 46 heavy (non-hydrogen) atoms. The molecule has 4 aromatic rings. The van der Waals surface area contributed by atoms with Gasteiger partial charge in [0.15, 0.2) is 0 Å². The Bertz CT molecular complexity index is 1460. The van der Waals surface area contributed by atoms with E-state index >= 15 is 0 Å². The summed E-state index contributed by atoms with van der Waals surface area (Å²) in [5, 5.41) is 8.69. The highest BCUT2D eigenvalue weighted by atomic mass is 16.6. The van der Waals surface area contributed by atoms with E-state index in [1.807, 2.05) is 109 Å². The van der Waals surface area contributed by atoms with E-state index < -0.39 is 0 Å². The SMILES string of the molecule is C(=Nc1ccc(N=Nc2ccc(N=Cc3ccc(OCCOCC4CO4)cc3)cc2)cc1)c1ccc(OCCOCC2CO2)cc1. The molecule has 10 nitrogen and oxygen atoms in total. The number of aliphatic imine (C=N–C) groups is 2. The van der Waals surface area contributed by atoms with Gasteiger partial charge in [-0.1, -0.05) is 0 Å². The largest absolute Gasteiger partial charge is 0.491 e. The fourth-order valence-corrected chi connectivity index (χ4v) is 4.12. The monoisotopic (exact) mass is 620 g/mol. The Hall–Kier alpha value is -4.74. The Balaban J connectivity index is 0.907. The fourth-order valence-electron chi connectivity index (χ4n) is 4.12. The van der Waals surface area contributed by atoms with Crippen LogP contribution in [0.2, 0.25) is 0 Å². The van der Waals surface area contributed by atoms with Crippen molar-refractivity contribution < 1.29 is 28.4 Å². The number of rotatable bonds is 18. The highest BCUT2D eigenvalue weighted by Crippen LogP contribution is 2.24. The van der Waals surface area contributed by atoms with Gasteiger partial charge in [-0.2, -0.15) is 10.2 Å².